The summed E-state index contributed by atoms with van der Waals surface area (Å²) in [5.41, 5.74) is 5.66. The second-order valence-electron chi connectivity index (χ2n) is 4.20. The first-order valence-electron chi connectivity index (χ1n) is 6.47. The van der Waals surface area contributed by atoms with Gasteiger partial charge in [-0.2, -0.15) is 12.2 Å². The molecule has 2 aliphatic carbocycles. The number of hydrogen-bond donors (Lipinski definition) is 0. The van der Waals surface area contributed by atoms with E-state index in [0.717, 1.165) is 25.7 Å². The molecular weight excluding hydrogens is 292 g/mol. The predicted molar refractivity (Wildman–Crippen MR) is 89.4 cm³/mol. The predicted octanol–water partition coefficient (Wildman–Crippen LogP) is 5.47. The Kier molecular flexibility index (Phi) is 19.0. The van der Waals surface area contributed by atoms with E-state index in [9.17, 15) is 0 Å². The van der Waals surface area contributed by atoms with Crippen LogP contribution >= 0.6 is 0 Å². The van der Waals surface area contributed by atoms with E-state index in [-0.39, 0.29) is 14.9 Å². The normalized spacial score (nSPS) is 14.8. The van der Waals surface area contributed by atoms with E-state index in [0.29, 0.717) is 0 Å². The van der Waals surface area contributed by atoms with Crippen molar-refractivity contribution in [3.8, 4) is 0 Å². The molecule has 0 amide bonds. The molecule has 0 fully saturated rings. The van der Waals surface area contributed by atoms with Gasteiger partial charge in [0.05, 0.1) is 0 Å². The van der Waals surface area contributed by atoms with Crippen LogP contribution in [0, 0.1) is 27.0 Å². The molecule has 0 spiro atoms. The number of rotatable bonds is 2. The van der Waals surface area contributed by atoms with Crippen molar-refractivity contribution in [1.82, 2.24) is 0 Å². The van der Waals surface area contributed by atoms with Crippen molar-refractivity contribution in [2.75, 3.05) is 0 Å². The Balaban J connectivity index is -0.000000236. The molecule has 2 heteroatoms. The van der Waals surface area contributed by atoms with Crippen LogP contribution in [0.5, 0.6) is 0 Å². The van der Waals surface area contributed by atoms with Crippen LogP contribution in [-0.4, -0.2) is 7.63 Å². The molecule has 2 rings (SSSR count). The van der Waals surface area contributed by atoms with Gasteiger partial charge in [-0.05, 0) is 0 Å². The van der Waals surface area contributed by atoms with E-state index in [4.69, 9.17) is 0 Å². The van der Waals surface area contributed by atoms with Crippen LogP contribution in [0.3, 0.4) is 0 Å². The minimum atomic E-state index is 0. The van der Waals surface area contributed by atoms with Crippen LogP contribution in [0.25, 0.3) is 0 Å². The average molecular weight is 320 g/mol. The van der Waals surface area contributed by atoms with Crippen LogP contribution in [0.15, 0.2) is 34.4 Å². The van der Waals surface area contributed by atoms with Crippen LogP contribution in [-0.2, 0) is 19.2 Å². The summed E-state index contributed by atoms with van der Waals surface area (Å²) in [7, 11) is 2.97. The SMILES string of the molecule is CCC1=[C-]CC=C1C.CCC1=[C-]CC=C1C.[CH3-].[CH3-].[Si]=[Ti]. The summed E-state index contributed by atoms with van der Waals surface area (Å²) in [6.45, 7) is 8.65. The van der Waals surface area contributed by atoms with E-state index in [1.807, 2.05) is 0 Å². The molecule has 0 saturated carbocycles. The first-order chi connectivity index (χ1) is 8.69. The van der Waals surface area contributed by atoms with Crippen LogP contribution in [0.4, 0.5) is 0 Å². The Morgan fingerprint density at radius 3 is 1.30 bits per heavy atom. The molecule has 112 valence electrons. The molecule has 2 aliphatic rings. The standard InChI is InChI=1S/2C8H11.2CH3.Si.Ti/c2*1-3-8-6-4-5-7(8)2;;;;/h2*5H,3-4H2,1-2H3;2*1H3;;/q4*-1;;. The van der Waals surface area contributed by atoms with Crippen molar-refractivity contribution in [2.45, 2.75) is 53.4 Å². The number of hydrogen-bond acceptors (Lipinski definition) is 0. The molecule has 0 heterocycles. The Morgan fingerprint density at radius 1 is 0.900 bits per heavy atom. The molecule has 2 radical (unpaired) electrons. The Morgan fingerprint density at radius 2 is 1.20 bits per heavy atom. The van der Waals surface area contributed by atoms with Crippen LogP contribution in [0.2, 0.25) is 0 Å². The molecule has 0 aromatic heterocycles. The van der Waals surface area contributed by atoms with Crippen LogP contribution in [0.1, 0.15) is 53.4 Å². The fourth-order valence-electron chi connectivity index (χ4n) is 1.99. The van der Waals surface area contributed by atoms with Crippen molar-refractivity contribution in [2.24, 2.45) is 0 Å². The van der Waals surface area contributed by atoms with Gasteiger partial charge < -0.3 is 14.9 Å². The van der Waals surface area contributed by atoms with Gasteiger partial charge in [0, 0.05) is 0 Å². The maximum absolute atomic E-state index is 3.28. The summed E-state index contributed by atoms with van der Waals surface area (Å²) in [6.07, 6.45) is 15.4. The van der Waals surface area contributed by atoms with Crippen molar-refractivity contribution in [1.29, 1.82) is 0 Å². The van der Waals surface area contributed by atoms with Gasteiger partial charge in [-0.1, -0.05) is 26.7 Å². The Bertz CT molecular complexity index is 337. The van der Waals surface area contributed by atoms with Gasteiger partial charge in [0.1, 0.15) is 0 Å². The third-order valence-electron chi connectivity index (χ3n) is 3.11. The average Bonchev–Trinajstić information content (AvgIpc) is 3.00. The first-order valence-corrected chi connectivity index (χ1v) is 9.31. The van der Waals surface area contributed by atoms with Crippen LogP contribution < -0.4 is 0 Å². The molecule has 0 bridgehead atoms. The molecule has 0 N–H and O–H groups in total. The van der Waals surface area contributed by atoms with Crippen molar-refractivity contribution >= 4 is 7.63 Å². The van der Waals surface area contributed by atoms with Gasteiger partial charge in [0.15, 0.2) is 0 Å². The molecule has 0 aliphatic heterocycles. The summed E-state index contributed by atoms with van der Waals surface area (Å²) in [5.74, 6) is 0. The van der Waals surface area contributed by atoms with Gasteiger partial charge in [-0.15, -0.1) is 26.7 Å². The zero-order valence-electron chi connectivity index (χ0n) is 14.0. The van der Waals surface area contributed by atoms with Gasteiger partial charge in [-0.3, -0.25) is 12.2 Å². The van der Waals surface area contributed by atoms with Crippen molar-refractivity contribution in [3.05, 3.63) is 61.4 Å². The first kappa shape index (κ1) is 24.9. The van der Waals surface area contributed by atoms with E-state index in [2.05, 4.69) is 59.6 Å². The Labute approximate surface area is 141 Å². The van der Waals surface area contributed by atoms with Gasteiger partial charge in [0.25, 0.3) is 0 Å². The summed E-state index contributed by atoms with van der Waals surface area (Å²) in [6, 6.07) is 0. The third-order valence-corrected chi connectivity index (χ3v) is 3.11. The molecular formula is C18H28SiTi-4. The molecule has 20 heavy (non-hydrogen) atoms. The number of allylic oxidation sites excluding steroid dienone is 8. The van der Waals surface area contributed by atoms with Crippen molar-refractivity contribution in [3.63, 3.8) is 0 Å². The second-order valence-corrected chi connectivity index (χ2v) is 4.20. The maximum atomic E-state index is 3.28. The third kappa shape index (κ3) is 8.94. The van der Waals surface area contributed by atoms with E-state index < -0.39 is 0 Å². The zero-order valence-corrected chi connectivity index (χ0v) is 16.5. The summed E-state index contributed by atoms with van der Waals surface area (Å²) >= 11 is 1.81. The molecule has 0 unspecified atom stereocenters. The summed E-state index contributed by atoms with van der Waals surface area (Å²) in [4.78, 5) is 0. The summed E-state index contributed by atoms with van der Waals surface area (Å²) in [5, 5.41) is 0. The van der Waals surface area contributed by atoms with E-state index in [1.165, 1.54) is 22.3 Å². The minimum absolute atomic E-state index is 0. The van der Waals surface area contributed by atoms with Gasteiger partial charge >= 0.3 is 26.8 Å². The fourth-order valence-corrected chi connectivity index (χ4v) is 1.99. The second kappa shape index (κ2) is 15.3. The molecule has 0 atom stereocenters. The van der Waals surface area contributed by atoms with E-state index in [1.54, 1.807) is 19.2 Å². The summed E-state index contributed by atoms with van der Waals surface area (Å²) < 4.78 is 0. The monoisotopic (exact) mass is 320 g/mol. The molecule has 0 aromatic carbocycles. The zero-order chi connectivity index (χ0) is 14.0. The quantitative estimate of drug-likeness (QED) is 0.467. The molecule has 0 saturated heterocycles. The van der Waals surface area contributed by atoms with Gasteiger partial charge in [0.2, 0.25) is 0 Å². The fraction of sp³-hybridized carbons (Fsp3) is 0.444. The van der Waals surface area contributed by atoms with Gasteiger partial charge in [-0.25, -0.2) is 22.3 Å². The topological polar surface area (TPSA) is 0 Å². The molecule has 0 aromatic rings. The van der Waals surface area contributed by atoms with Crippen molar-refractivity contribution < 1.29 is 19.2 Å². The Hall–Kier alpha value is -0.109. The van der Waals surface area contributed by atoms with E-state index >= 15 is 0 Å². The molecule has 0 nitrogen and oxygen atoms in total.